The van der Waals surface area contributed by atoms with Gasteiger partial charge in [-0.05, 0) is 50.7 Å². The quantitative estimate of drug-likeness (QED) is 0.592. The molecule has 2 unspecified atom stereocenters. The zero-order valence-electron chi connectivity index (χ0n) is 18.3. The second kappa shape index (κ2) is 8.19. The Morgan fingerprint density at radius 1 is 1.19 bits per heavy atom. The molecule has 0 aromatic carbocycles. The molecule has 3 N–H and O–H groups in total. The molecule has 0 bridgehead atoms. The minimum atomic E-state index is -0.679. The molecule has 8 nitrogen and oxygen atoms in total. The lowest BCUT2D eigenvalue weighted by molar-refractivity contribution is -0.0723. The first-order valence-electron chi connectivity index (χ1n) is 10.6. The molecule has 0 spiro atoms. The third-order valence-corrected chi connectivity index (χ3v) is 6.56. The van der Waals surface area contributed by atoms with Crippen LogP contribution in [0.5, 0.6) is 0 Å². The first-order valence-corrected chi connectivity index (χ1v) is 10.6. The predicted octanol–water partition coefficient (Wildman–Crippen LogP) is 3.72. The smallest absolute Gasteiger partial charge is 0.275 e. The van der Waals surface area contributed by atoms with Crippen LogP contribution in [0, 0.1) is 18.8 Å². The lowest BCUT2D eigenvalue weighted by atomic mass is 9.66. The van der Waals surface area contributed by atoms with Gasteiger partial charge in [0.2, 0.25) is 0 Å². The van der Waals surface area contributed by atoms with Crippen LogP contribution < -0.4 is 5.32 Å². The van der Waals surface area contributed by atoms with Crippen LogP contribution in [0.4, 0.5) is 5.82 Å². The number of pyridine rings is 1. The number of hydrogen-bond acceptors (Lipinski definition) is 6. The average molecular weight is 421 g/mol. The Balaban J connectivity index is 1.54. The molecule has 8 heteroatoms. The van der Waals surface area contributed by atoms with Gasteiger partial charge in [-0.25, -0.2) is 15.0 Å². The first-order chi connectivity index (χ1) is 14.7. The van der Waals surface area contributed by atoms with Gasteiger partial charge in [-0.1, -0.05) is 19.9 Å². The molecular weight excluding hydrogens is 392 g/mol. The van der Waals surface area contributed by atoms with Crippen molar-refractivity contribution in [3.63, 3.8) is 0 Å². The van der Waals surface area contributed by atoms with Gasteiger partial charge in [-0.2, -0.15) is 5.10 Å². The number of aromatic amines is 1. The van der Waals surface area contributed by atoms with Gasteiger partial charge in [-0.15, -0.1) is 0 Å². The van der Waals surface area contributed by atoms with Gasteiger partial charge in [0.25, 0.3) is 5.91 Å². The summed E-state index contributed by atoms with van der Waals surface area (Å²) in [6, 6.07) is 7.13. The molecule has 1 aliphatic carbocycles. The fourth-order valence-electron chi connectivity index (χ4n) is 4.31. The van der Waals surface area contributed by atoms with Crippen molar-refractivity contribution in [3.05, 3.63) is 53.9 Å². The molecule has 0 aliphatic heterocycles. The van der Waals surface area contributed by atoms with Gasteiger partial charge in [-0.3, -0.25) is 9.89 Å². The van der Waals surface area contributed by atoms with E-state index in [0.717, 1.165) is 24.1 Å². The summed E-state index contributed by atoms with van der Waals surface area (Å²) >= 11 is 0. The maximum atomic E-state index is 12.8. The topological polar surface area (TPSA) is 117 Å². The third kappa shape index (κ3) is 4.34. The van der Waals surface area contributed by atoms with Crippen LogP contribution in [0.3, 0.4) is 0 Å². The highest BCUT2D eigenvalue weighted by Gasteiger charge is 2.42. The Hall–Kier alpha value is -3.13. The Labute approximate surface area is 181 Å². The van der Waals surface area contributed by atoms with Crippen molar-refractivity contribution in [2.75, 3.05) is 5.32 Å². The van der Waals surface area contributed by atoms with Crippen molar-refractivity contribution >= 4 is 11.7 Å². The molecule has 3 heterocycles. The Morgan fingerprint density at radius 3 is 2.61 bits per heavy atom. The second-order valence-corrected chi connectivity index (χ2v) is 8.77. The van der Waals surface area contributed by atoms with Gasteiger partial charge in [0.1, 0.15) is 17.3 Å². The third-order valence-electron chi connectivity index (χ3n) is 6.56. The van der Waals surface area contributed by atoms with E-state index in [9.17, 15) is 9.90 Å². The number of amides is 1. The van der Waals surface area contributed by atoms with Crippen LogP contribution in [0.1, 0.15) is 61.5 Å². The fraction of sp³-hybridized carbons (Fsp3) is 0.435. The summed E-state index contributed by atoms with van der Waals surface area (Å²) in [5, 5.41) is 20.3. The van der Waals surface area contributed by atoms with E-state index in [1.165, 1.54) is 0 Å². The molecule has 31 heavy (non-hydrogen) atoms. The Bertz CT molecular complexity index is 1070. The van der Waals surface area contributed by atoms with Crippen LogP contribution >= 0.6 is 0 Å². The summed E-state index contributed by atoms with van der Waals surface area (Å²) in [7, 11) is 0. The van der Waals surface area contributed by atoms with Crippen LogP contribution in [0.2, 0.25) is 0 Å². The molecular formula is C23H28N6O2. The van der Waals surface area contributed by atoms with Crippen molar-refractivity contribution in [2.24, 2.45) is 11.8 Å². The number of nitrogens with zero attached hydrogens (tertiary/aromatic N) is 4. The number of hydrogen-bond donors (Lipinski definition) is 3. The zero-order chi connectivity index (χ0) is 22.2. The van der Waals surface area contributed by atoms with E-state index < -0.39 is 5.60 Å². The van der Waals surface area contributed by atoms with E-state index in [1.807, 2.05) is 26.0 Å². The fourth-order valence-corrected chi connectivity index (χ4v) is 4.31. The number of carbonyl (C=O) groups excluding carboxylic acids is 1. The highest BCUT2D eigenvalue weighted by molar-refractivity contribution is 6.02. The van der Waals surface area contributed by atoms with Crippen molar-refractivity contribution in [1.82, 2.24) is 25.1 Å². The van der Waals surface area contributed by atoms with Gasteiger partial charge < -0.3 is 10.4 Å². The Kier molecular flexibility index (Phi) is 5.58. The second-order valence-electron chi connectivity index (χ2n) is 8.77. The van der Waals surface area contributed by atoms with E-state index in [4.69, 9.17) is 0 Å². The normalized spacial score (nSPS) is 25.9. The van der Waals surface area contributed by atoms with Crippen LogP contribution in [-0.2, 0) is 0 Å². The Morgan fingerprint density at radius 2 is 1.94 bits per heavy atom. The summed E-state index contributed by atoms with van der Waals surface area (Å²) in [4.78, 5) is 26.3. The van der Waals surface area contributed by atoms with Crippen molar-refractivity contribution in [1.29, 1.82) is 0 Å². The number of H-pyrrole nitrogens is 1. The number of anilines is 1. The monoisotopic (exact) mass is 420 g/mol. The lowest BCUT2D eigenvalue weighted by Gasteiger charge is -2.44. The van der Waals surface area contributed by atoms with E-state index in [0.29, 0.717) is 23.0 Å². The number of aryl methyl sites for hydroxylation is 1. The van der Waals surface area contributed by atoms with Gasteiger partial charge >= 0.3 is 0 Å². The van der Waals surface area contributed by atoms with Crippen LogP contribution in [0.15, 0.2) is 36.7 Å². The van der Waals surface area contributed by atoms with Crippen LogP contribution in [0.25, 0.3) is 11.3 Å². The van der Waals surface area contributed by atoms with Crippen molar-refractivity contribution < 1.29 is 9.90 Å². The maximum absolute atomic E-state index is 12.8. The zero-order valence-corrected chi connectivity index (χ0v) is 18.3. The summed E-state index contributed by atoms with van der Waals surface area (Å²) in [6.07, 6.45) is 5.08. The molecule has 3 aromatic heterocycles. The molecule has 4 atom stereocenters. The molecule has 3 aromatic rings. The van der Waals surface area contributed by atoms with E-state index in [2.05, 4.69) is 44.3 Å². The minimum Gasteiger partial charge on any atom is -0.390 e. The number of nitrogens with one attached hydrogen (secondary N) is 2. The summed E-state index contributed by atoms with van der Waals surface area (Å²) in [5.74, 6) is 1.26. The van der Waals surface area contributed by atoms with Crippen LogP contribution in [-0.4, -0.2) is 41.8 Å². The predicted molar refractivity (Wildman–Crippen MR) is 117 cm³/mol. The summed E-state index contributed by atoms with van der Waals surface area (Å²) < 4.78 is 0. The lowest BCUT2D eigenvalue weighted by Crippen LogP contribution is -2.44. The van der Waals surface area contributed by atoms with Gasteiger partial charge in [0, 0.05) is 29.4 Å². The largest absolute Gasteiger partial charge is 0.390 e. The molecule has 0 saturated heterocycles. The molecule has 1 amide bonds. The van der Waals surface area contributed by atoms with Crippen molar-refractivity contribution in [2.45, 2.75) is 52.1 Å². The minimum absolute atomic E-state index is 0.157. The first kappa shape index (κ1) is 21.1. The average Bonchev–Trinajstić information content (AvgIpc) is 3.26. The van der Waals surface area contributed by atoms with Gasteiger partial charge in [0.05, 0.1) is 17.5 Å². The number of aliphatic hydroxyl groups is 1. The van der Waals surface area contributed by atoms with E-state index in [-0.39, 0.29) is 23.7 Å². The number of carbonyl (C=O) groups is 1. The molecule has 1 saturated carbocycles. The number of aromatic nitrogens is 5. The molecule has 4 rings (SSSR count). The molecule has 162 valence electrons. The van der Waals surface area contributed by atoms with Crippen molar-refractivity contribution in [3.8, 4) is 11.3 Å². The number of rotatable bonds is 4. The van der Waals surface area contributed by atoms with E-state index >= 15 is 0 Å². The molecule has 1 aliphatic rings. The standard InChI is InChI=1S/C23H28N6O2/c1-13-8-16(9-14(2)23(13,4)31)20-10-21(27-15(3)26-20)29-22(30)19-7-5-6-18(28-19)17-11-24-25-12-17/h5-7,10-14,16,31H,8-9H2,1-4H3,(H,24,25)(H,26,27,29,30)/t13-,14+,16?,23?. The highest BCUT2D eigenvalue weighted by Crippen LogP contribution is 2.44. The molecule has 0 radical (unpaired) electrons. The SMILES string of the molecule is Cc1nc(NC(=O)c2cccc(-c3cn[nH]c3)n2)cc(C2C[C@@H](C)C(C)(O)[C@@H](C)C2)n1. The summed E-state index contributed by atoms with van der Waals surface area (Å²) in [5.41, 5.74) is 2.00. The van der Waals surface area contributed by atoms with E-state index in [1.54, 1.807) is 24.5 Å². The van der Waals surface area contributed by atoms with Gasteiger partial charge in [0.15, 0.2) is 0 Å². The summed E-state index contributed by atoms with van der Waals surface area (Å²) in [6.45, 7) is 7.90. The molecule has 1 fully saturated rings. The maximum Gasteiger partial charge on any atom is 0.275 e. The highest BCUT2D eigenvalue weighted by atomic mass is 16.3.